The van der Waals surface area contributed by atoms with E-state index in [2.05, 4.69) is 30.7 Å². The van der Waals surface area contributed by atoms with Gasteiger partial charge in [0.1, 0.15) is 11.4 Å². The lowest BCUT2D eigenvalue weighted by atomic mass is 9.96. The molecule has 4 aromatic rings. The van der Waals surface area contributed by atoms with Gasteiger partial charge in [0.05, 0.1) is 11.0 Å². The van der Waals surface area contributed by atoms with E-state index >= 15 is 0 Å². The number of piperidine rings is 1. The zero-order chi connectivity index (χ0) is 20.1. The summed E-state index contributed by atoms with van der Waals surface area (Å²) in [6.07, 6.45) is 2.01. The average Bonchev–Trinajstić information content (AvgIpc) is 3.25. The van der Waals surface area contributed by atoms with E-state index in [4.69, 9.17) is 9.40 Å². The Morgan fingerprint density at radius 3 is 2.83 bits per heavy atom. The van der Waals surface area contributed by atoms with Crippen LogP contribution < -0.4 is 0 Å². The van der Waals surface area contributed by atoms with Crippen molar-refractivity contribution >= 4 is 27.9 Å². The molecule has 1 atom stereocenters. The van der Waals surface area contributed by atoms with Crippen LogP contribution in [-0.2, 0) is 7.05 Å². The molecule has 0 N–H and O–H groups in total. The molecule has 29 heavy (non-hydrogen) atoms. The van der Waals surface area contributed by atoms with Crippen LogP contribution in [0.25, 0.3) is 22.0 Å². The molecular formula is C24H25N3O2. The third-order valence-corrected chi connectivity index (χ3v) is 6.18. The highest BCUT2D eigenvalue weighted by Crippen LogP contribution is 2.32. The van der Waals surface area contributed by atoms with E-state index in [1.54, 1.807) is 0 Å². The number of imidazole rings is 1. The molecule has 1 fully saturated rings. The Morgan fingerprint density at radius 2 is 2.00 bits per heavy atom. The first kappa shape index (κ1) is 18.0. The quantitative estimate of drug-likeness (QED) is 0.489. The second kappa shape index (κ2) is 6.76. The van der Waals surface area contributed by atoms with E-state index in [1.807, 2.05) is 42.2 Å². The molecule has 2 aromatic heterocycles. The fourth-order valence-electron chi connectivity index (χ4n) is 4.58. The van der Waals surface area contributed by atoms with Crippen LogP contribution in [0.2, 0.25) is 0 Å². The Bertz CT molecular complexity index is 1230. The Morgan fingerprint density at radius 1 is 1.17 bits per heavy atom. The normalized spacial score (nSPS) is 17.3. The SMILES string of the molecule is Cc1ccc2oc(C(=O)N3CCCC(c4nc5ccccc5n4C)C3)c(C)c2c1. The van der Waals surface area contributed by atoms with Gasteiger partial charge in [-0.1, -0.05) is 23.8 Å². The number of likely N-dealkylation sites (tertiary alicyclic amines) is 1. The summed E-state index contributed by atoms with van der Waals surface area (Å²) in [5.41, 5.74) is 5.02. The third kappa shape index (κ3) is 2.92. The van der Waals surface area contributed by atoms with Crippen LogP contribution in [0.1, 0.15) is 46.3 Å². The molecule has 5 nitrogen and oxygen atoms in total. The molecular weight excluding hydrogens is 362 g/mol. The first-order valence-corrected chi connectivity index (χ1v) is 10.2. The van der Waals surface area contributed by atoms with Crippen LogP contribution in [-0.4, -0.2) is 33.4 Å². The molecule has 1 saturated heterocycles. The second-order valence-electron chi connectivity index (χ2n) is 8.16. The fraction of sp³-hybridized carbons (Fsp3) is 0.333. The Balaban J connectivity index is 1.45. The van der Waals surface area contributed by atoms with Gasteiger partial charge in [0, 0.05) is 37.0 Å². The molecule has 1 amide bonds. The van der Waals surface area contributed by atoms with Crippen LogP contribution >= 0.6 is 0 Å². The summed E-state index contributed by atoms with van der Waals surface area (Å²) in [4.78, 5) is 20.1. The molecule has 148 valence electrons. The smallest absolute Gasteiger partial charge is 0.289 e. The van der Waals surface area contributed by atoms with E-state index in [0.717, 1.165) is 52.8 Å². The number of aryl methyl sites for hydroxylation is 3. The minimum atomic E-state index is -0.0141. The summed E-state index contributed by atoms with van der Waals surface area (Å²) < 4.78 is 8.14. The number of amides is 1. The third-order valence-electron chi connectivity index (χ3n) is 6.18. The van der Waals surface area contributed by atoms with Crippen LogP contribution in [0.5, 0.6) is 0 Å². The first-order valence-electron chi connectivity index (χ1n) is 10.2. The molecule has 1 aliphatic rings. The zero-order valence-corrected chi connectivity index (χ0v) is 17.1. The first-order chi connectivity index (χ1) is 14.0. The van der Waals surface area contributed by atoms with Crippen LogP contribution in [0.4, 0.5) is 0 Å². The van der Waals surface area contributed by atoms with Crippen molar-refractivity contribution in [3.8, 4) is 0 Å². The number of aromatic nitrogens is 2. The Hall–Kier alpha value is -3.08. The lowest BCUT2D eigenvalue weighted by Crippen LogP contribution is -2.39. The summed E-state index contributed by atoms with van der Waals surface area (Å²) in [6, 6.07) is 14.2. The van der Waals surface area contributed by atoms with Crippen molar-refractivity contribution in [2.24, 2.45) is 7.05 Å². The summed E-state index contributed by atoms with van der Waals surface area (Å²) >= 11 is 0. The summed E-state index contributed by atoms with van der Waals surface area (Å²) in [5.74, 6) is 1.74. The number of nitrogens with zero attached hydrogens (tertiary/aromatic N) is 3. The van der Waals surface area contributed by atoms with E-state index in [-0.39, 0.29) is 11.8 Å². The highest BCUT2D eigenvalue weighted by Gasteiger charge is 2.31. The molecule has 1 unspecified atom stereocenters. The molecule has 5 rings (SSSR count). The van der Waals surface area contributed by atoms with Crippen molar-refractivity contribution in [2.75, 3.05) is 13.1 Å². The lowest BCUT2D eigenvalue weighted by molar-refractivity contribution is 0.0673. The van der Waals surface area contributed by atoms with Crippen LogP contribution in [0.3, 0.4) is 0 Å². The topological polar surface area (TPSA) is 51.3 Å². The largest absolute Gasteiger partial charge is 0.451 e. The molecule has 0 radical (unpaired) electrons. The van der Waals surface area contributed by atoms with Crippen LogP contribution in [0.15, 0.2) is 46.9 Å². The molecule has 0 aliphatic carbocycles. The summed E-state index contributed by atoms with van der Waals surface area (Å²) in [6.45, 7) is 5.46. The van der Waals surface area contributed by atoms with Gasteiger partial charge in [-0.05, 0) is 51.0 Å². The van der Waals surface area contributed by atoms with Crippen molar-refractivity contribution in [3.63, 3.8) is 0 Å². The number of carbonyl (C=O) groups excluding carboxylic acids is 1. The minimum absolute atomic E-state index is 0.0141. The Labute approximate surface area is 169 Å². The average molecular weight is 387 g/mol. The van der Waals surface area contributed by atoms with Gasteiger partial charge in [-0.2, -0.15) is 0 Å². The van der Waals surface area contributed by atoms with Crippen molar-refractivity contribution in [1.82, 2.24) is 14.5 Å². The molecule has 5 heteroatoms. The van der Waals surface area contributed by atoms with Crippen molar-refractivity contribution in [3.05, 3.63) is 65.2 Å². The maximum atomic E-state index is 13.3. The molecule has 0 saturated carbocycles. The van der Waals surface area contributed by atoms with E-state index in [1.165, 1.54) is 5.56 Å². The van der Waals surface area contributed by atoms with Gasteiger partial charge in [0.15, 0.2) is 5.76 Å². The number of benzene rings is 2. The lowest BCUT2D eigenvalue weighted by Gasteiger charge is -2.32. The number of hydrogen-bond acceptors (Lipinski definition) is 3. The maximum Gasteiger partial charge on any atom is 0.289 e. The van der Waals surface area contributed by atoms with E-state index < -0.39 is 0 Å². The molecule has 0 spiro atoms. The monoisotopic (exact) mass is 387 g/mol. The molecule has 3 heterocycles. The van der Waals surface area contributed by atoms with Gasteiger partial charge in [-0.15, -0.1) is 0 Å². The maximum absolute atomic E-state index is 13.3. The van der Waals surface area contributed by atoms with Gasteiger partial charge < -0.3 is 13.9 Å². The zero-order valence-electron chi connectivity index (χ0n) is 17.1. The van der Waals surface area contributed by atoms with Gasteiger partial charge in [-0.25, -0.2) is 4.98 Å². The molecule has 1 aliphatic heterocycles. The van der Waals surface area contributed by atoms with Crippen molar-refractivity contribution in [1.29, 1.82) is 0 Å². The van der Waals surface area contributed by atoms with Gasteiger partial charge in [0.25, 0.3) is 5.91 Å². The Kier molecular flexibility index (Phi) is 4.19. The number of rotatable bonds is 2. The van der Waals surface area contributed by atoms with Crippen molar-refractivity contribution in [2.45, 2.75) is 32.6 Å². The van der Waals surface area contributed by atoms with E-state index in [0.29, 0.717) is 12.3 Å². The number of fused-ring (bicyclic) bond motifs is 2. The predicted octanol–water partition coefficient (Wildman–Crippen LogP) is 4.96. The van der Waals surface area contributed by atoms with Crippen LogP contribution in [0, 0.1) is 13.8 Å². The summed E-state index contributed by atoms with van der Waals surface area (Å²) in [5, 5.41) is 1.03. The number of para-hydroxylation sites is 2. The molecule has 2 aromatic carbocycles. The summed E-state index contributed by atoms with van der Waals surface area (Å²) in [7, 11) is 2.07. The second-order valence-corrected chi connectivity index (χ2v) is 8.16. The van der Waals surface area contributed by atoms with Gasteiger partial charge in [-0.3, -0.25) is 4.79 Å². The van der Waals surface area contributed by atoms with Crippen molar-refractivity contribution < 1.29 is 9.21 Å². The fourth-order valence-corrected chi connectivity index (χ4v) is 4.58. The standard InChI is InChI=1S/C24H25N3O2/c1-15-10-11-21-18(13-15)16(2)22(29-21)24(28)27-12-6-7-17(14-27)23-25-19-8-4-5-9-20(19)26(23)3/h4-5,8-11,13,17H,6-7,12,14H2,1-3H3. The number of hydrogen-bond donors (Lipinski definition) is 0. The molecule has 0 bridgehead atoms. The predicted molar refractivity (Wildman–Crippen MR) is 114 cm³/mol. The number of carbonyl (C=O) groups is 1. The highest BCUT2D eigenvalue weighted by molar-refractivity contribution is 5.99. The highest BCUT2D eigenvalue weighted by atomic mass is 16.3. The van der Waals surface area contributed by atoms with E-state index in [9.17, 15) is 4.79 Å². The van der Waals surface area contributed by atoms with Gasteiger partial charge >= 0.3 is 0 Å². The number of furan rings is 1. The minimum Gasteiger partial charge on any atom is -0.451 e. The van der Waals surface area contributed by atoms with Gasteiger partial charge in [0.2, 0.25) is 0 Å².